The molecule has 1 aromatic heterocycles. The van der Waals surface area contributed by atoms with E-state index in [-0.39, 0.29) is 10.8 Å². The lowest BCUT2D eigenvalue weighted by molar-refractivity contribution is 0.660. The van der Waals surface area contributed by atoms with Gasteiger partial charge in [0, 0.05) is 38.7 Å². The van der Waals surface area contributed by atoms with Gasteiger partial charge in [0.25, 0.3) is 0 Å². The van der Waals surface area contributed by atoms with Crippen molar-refractivity contribution in [1.82, 2.24) is 0 Å². The summed E-state index contributed by atoms with van der Waals surface area (Å²) < 4.78 is 6.24. The van der Waals surface area contributed by atoms with Gasteiger partial charge in [0.05, 0.1) is 0 Å². The van der Waals surface area contributed by atoms with Gasteiger partial charge in [-0.15, -0.1) is 0 Å². The second-order valence-corrected chi connectivity index (χ2v) is 16.2. The standard InChI is InChI=1S/C52H39NO/c1-51(2)45-14-8-5-11-39(45)41-25-23-37(30-47(41)51)53(38-24-26-42-40-12-6-9-15-46(40)52(3,4)48(42)31-38)36-21-19-32(20-22-36)33-17-18-34-28-44-43-13-7-10-16-49(43)54-50(44)29-35(34)27-33/h5-31H,1-4H3. The summed E-state index contributed by atoms with van der Waals surface area (Å²) >= 11 is 0. The van der Waals surface area contributed by atoms with Crippen LogP contribution < -0.4 is 4.90 Å². The topological polar surface area (TPSA) is 16.4 Å². The molecule has 11 rings (SSSR count). The molecule has 9 aromatic rings. The summed E-state index contributed by atoms with van der Waals surface area (Å²) in [6.45, 7) is 9.44. The molecule has 2 aliphatic rings. The number of benzene rings is 8. The zero-order chi connectivity index (χ0) is 36.3. The summed E-state index contributed by atoms with van der Waals surface area (Å²) in [6.07, 6.45) is 0. The number of fused-ring (bicyclic) bond motifs is 10. The minimum absolute atomic E-state index is 0.0942. The molecule has 2 aliphatic carbocycles. The van der Waals surface area contributed by atoms with Gasteiger partial charge < -0.3 is 9.32 Å². The first kappa shape index (κ1) is 31.2. The number of hydrogen-bond donors (Lipinski definition) is 0. The maximum Gasteiger partial charge on any atom is 0.136 e. The van der Waals surface area contributed by atoms with Gasteiger partial charge in [0.2, 0.25) is 0 Å². The van der Waals surface area contributed by atoms with E-state index in [4.69, 9.17) is 4.42 Å². The first-order chi connectivity index (χ1) is 26.3. The molecule has 0 saturated carbocycles. The molecule has 0 atom stereocenters. The first-order valence-electron chi connectivity index (χ1n) is 19.0. The van der Waals surface area contributed by atoms with Gasteiger partial charge in [-0.3, -0.25) is 0 Å². The molecular formula is C52H39NO. The summed E-state index contributed by atoms with van der Waals surface area (Å²) in [5, 5.41) is 4.71. The van der Waals surface area contributed by atoms with Crippen LogP contribution in [0.25, 0.3) is 66.1 Å². The van der Waals surface area contributed by atoms with Crippen molar-refractivity contribution >= 4 is 49.8 Å². The summed E-state index contributed by atoms with van der Waals surface area (Å²) in [6, 6.07) is 60.5. The molecule has 0 unspecified atom stereocenters. The molecule has 0 fully saturated rings. The van der Waals surface area contributed by atoms with Gasteiger partial charge in [-0.25, -0.2) is 0 Å². The second-order valence-electron chi connectivity index (χ2n) is 16.2. The smallest absolute Gasteiger partial charge is 0.136 e. The Labute approximate surface area is 315 Å². The predicted molar refractivity (Wildman–Crippen MR) is 226 cm³/mol. The maximum atomic E-state index is 6.24. The van der Waals surface area contributed by atoms with Crippen LogP contribution in [0, 0.1) is 0 Å². The molecule has 0 radical (unpaired) electrons. The van der Waals surface area contributed by atoms with Gasteiger partial charge in [-0.05, 0) is 127 Å². The van der Waals surface area contributed by atoms with E-state index in [0.29, 0.717) is 0 Å². The normalized spacial score (nSPS) is 14.6. The average Bonchev–Trinajstić information content (AvgIpc) is 3.76. The van der Waals surface area contributed by atoms with E-state index < -0.39 is 0 Å². The van der Waals surface area contributed by atoms with Crippen LogP contribution in [0.1, 0.15) is 49.9 Å². The molecule has 0 bridgehead atoms. The Kier molecular flexibility index (Phi) is 6.39. The molecule has 1 heterocycles. The van der Waals surface area contributed by atoms with Gasteiger partial charge >= 0.3 is 0 Å². The maximum absolute atomic E-state index is 6.24. The highest BCUT2D eigenvalue weighted by Gasteiger charge is 2.37. The predicted octanol–water partition coefficient (Wildman–Crippen LogP) is 14.5. The lowest BCUT2D eigenvalue weighted by Crippen LogP contribution is -2.18. The van der Waals surface area contributed by atoms with E-state index in [1.165, 1.54) is 66.4 Å². The van der Waals surface area contributed by atoms with Crippen LogP contribution in [0.5, 0.6) is 0 Å². The molecule has 258 valence electrons. The van der Waals surface area contributed by atoms with Crippen molar-refractivity contribution in [2.24, 2.45) is 0 Å². The Morgan fingerprint density at radius 3 is 1.56 bits per heavy atom. The van der Waals surface area contributed by atoms with Gasteiger partial charge in [0.15, 0.2) is 0 Å². The molecule has 0 saturated heterocycles. The second kappa shape index (κ2) is 11.1. The van der Waals surface area contributed by atoms with Crippen LogP contribution >= 0.6 is 0 Å². The minimum atomic E-state index is -0.0942. The number of furan rings is 1. The summed E-state index contributed by atoms with van der Waals surface area (Å²) in [4.78, 5) is 2.45. The number of hydrogen-bond acceptors (Lipinski definition) is 2. The van der Waals surface area contributed by atoms with Crippen molar-refractivity contribution < 1.29 is 4.42 Å². The number of nitrogens with zero attached hydrogens (tertiary/aromatic N) is 1. The Morgan fingerprint density at radius 2 is 0.907 bits per heavy atom. The molecule has 8 aromatic carbocycles. The third-order valence-electron chi connectivity index (χ3n) is 12.4. The zero-order valence-corrected chi connectivity index (χ0v) is 30.9. The van der Waals surface area contributed by atoms with E-state index in [9.17, 15) is 0 Å². The van der Waals surface area contributed by atoms with Crippen LogP contribution in [0.4, 0.5) is 17.1 Å². The number of anilines is 3. The summed E-state index contributed by atoms with van der Waals surface area (Å²) in [5.74, 6) is 0. The average molecular weight is 694 g/mol. The van der Waals surface area contributed by atoms with Crippen LogP contribution in [0.3, 0.4) is 0 Å². The highest BCUT2D eigenvalue weighted by molar-refractivity contribution is 6.10. The summed E-state index contributed by atoms with van der Waals surface area (Å²) in [5.41, 5.74) is 18.3. The van der Waals surface area contributed by atoms with E-state index in [2.05, 4.69) is 184 Å². The van der Waals surface area contributed by atoms with Gasteiger partial charge in [-0.1, -0.05) is 131 Å². The van der Waals surface area contributed by atoms with Crippen molar-refractivity contribution in [3.63, 3.8) is 0 Å². The Morgan fingerprint density at radius 1 is 0.370 bits per heavy atom. The molecular weight excluding hydrogens is 655 g/mol. The molecule has 0 amide bonds. The third-order valence-corrected chi connectivity index (χ3v) is 12.4. The SMILES string of the molecule is CC1(C)c2ccccc2-c2ccc(N(c3ccc(-c4ccc5cc6c(cc5c4)oc4ccccc46)cc3)c3ccc4c(c3)C(C)(C)c3ccccc3-4)cc21. The van der Waals surface area contributed by atoms with Crippen LogP contribution in [-0.2, 0) is 10.8 Å². The van der Waals surface area contributed by atoms with Gasteiger partial charge in [-0.2, -0.15) is 0 Å². The minimum Gasteiger partial charge on any atom is -0.456 e. The van der Waals surface area contributed by atoms with Crippen molar-refractivity contribution in [2.75, 3.05) is 4.90 Å². The molecule has 0 spiro atoms. The first-order valence-corrected chi connectivity index (χ1v) is 19.0. The highest BCUT2D eigenvalue weighted by Crippen LogP contribution is 2.53. The molecule has 54 heavy (non-hydrogen) atoms. The van der Waals surface area contributed by atoms with E-state index in [0.717, 1.165) is 39.0 Å². The summed E-state index contributed by atoms with van der Waals surface area (Å²) in [7, 11) is 0. The van der Waals surface area contributed by atoms with Crippen LogP contribution in [0.2, 0.25) is 0 Å². The highest BCUT2D eigenvalue weighted by atomic mass is 16.3. The van der Waals surface area contributed by atoms with Crippen molar-refractivity contribution in [3.8, 4) is 33.4 Å². The van der Waals surface area contributed by atoms with Crippen molar-refractivity contribution in [3.05, 3.63) is 186 Å². The van der Waals surface area contributed by atoms with Crippen LogP contribution in [-0.4, -0.2) is 0 Å². The Hall–Kier alpha value is -6.38. The fourth-order valence-corrected chi connectivity index (χ4v) is 9.56. The van der Waals surface area contributed by atoms with E-state index in [1.807, 2.05) is 12.1 Å². The molecule has 0 aliphatic heterocycles. The molecule has 2 nitrogen and oxygen atoms in total. The Balaban J connectivity index is 1.03. The molecule has 2 heteroatoms. The lowest BCUT2D eigenvalue weighted by atomic mass is 9.82. The largest absolute Gasteiger partial charge is 0.456 e. The van der Waals surface area contributed by atoms with Crippen molar-refractivity contribution in [2.45, 2.75) is 38.5 Å². The number of rotatable bonds is 4. The quantitative estimate of drug-likeness (QED) is 0.182. The van der Waals surface area contributed by atoms with E-state index in [1.54, 1.807) is 0 Å². The molecule has 0 N–H and O–H groups in total. The fraction of sp³-hybridized carbons (Fsp3) is 0.115. The number of para-hydroxylation sites is 1. The Bertz CT molecular complexity index is 2890. The fourth-order valence-electron chi connectivity index (χ4n) is 9.56. The van der Waals surface area contributed by atoms with Crippen LogP contribution in [0.15, 0.2) is 168 Å². The monoisotopic (exact) mass is 693 g/mol. The van der Waals surface area contributed by atoms with Crippen molar-refractivity contribution in [1.29, 1.82) is 0 Å². The van der Waals surface area contributed by atoms with E-state index >= 15 is 0 Å². The third kappa shape index (κ3) is 4.40. The zero-order valence-electron chi connectivity index (χ0n) is 30.9. The lowest BCUT2D eigenvalue weighted by Gasteiger charge is -2.30. The van der Waals surface area contributed by atoms with Gasteiger partial charge in [0.1, 0.15) is 11.2 Å².